The van der Waals surface area contributed by atoms with Crippen LogP contribution in [0.25, 0.3) is 0 Å². The van der Waals surface area contributed by atoms with Gasteiger partial charge in [0.15, 0.2) is 17.9 Å². The Morgan fingerprint density at radius 2 is 1.38 bits per heavy atom. The molecule has 3 fully saturated rings. The first-order valence-electron chi connectivity index (χ1n) is 13.5. The third-order valence-electron chi connectivity index (χ3n) is 7.26. The van der Waals surface area contributed by atoms with Crippen LogP contribution < -0.4 is 0 Å². The Labute approximate surface area is 222 Å². The molecule has 3 saturated heterocycles. The lowest BCUT2D eigenvalue weighted by atomic mass is 10.1. The average molecular weight is 529 g/mol. The predicted octanol–water partition coefficient (Wildman–Crippen LogP) is 5.37. The van der Waals surface area contributed by atoms with Gasteiger partial charge in [0.1, 0.15) is 24.4 Å². The molecular weight excluding hydrogens is 487 g/mol. The fourth-order valence-electron chi connectivity index (χ4n) is 5.39. The molecule has 6 nitrogen and oxygen atoms in total. The lowest BCUT2D eigenvalue weighted by molar-refractivity contribution is -0.235. The first-order valence-corrected chi connectivity index (χ1v) is 15.4. The van der Waals surface area contributed by atoms with E-state index in [1.54, 1.807) is 0 Å². The molecule has 3 aliphatic heterocycles. The van der Waals surface area contributed by atoms with Crippen molar-refractivity contribution < 1.29 is 28.4 Å². The third-order valence-corrected chi connectivity index (χ3v) is 9.79. The van der Waals surface area contributed by atoms with E-state index in [1.807, 2.05) is 27.7 Å². The van der Waals surface area contributed by atoms with E-state index in [9.17, 15) is 0 Å². The van der Waals surface area contributed by atoms with Crippen molar-refractivity contribution in [3.63, 3.8) is 0 Å². The van der Waals surface area contributed by atoms with Gasteiger partial charge >= 0.3 is 0 Å². The predicted molar refractivity (Wildman–Crippen MR) is 145 cm³/mol. The van der Waals surface area contributed by atoms with Crippen LogP contribution in [0, 0.1) is 0 Å². The zero-order valence-electron chi connectivity index (χ0n) is 22.5. The van der Waals surface area contributed by atoms with Crippen LogP contribution in [0.1, 0.15) is 38.8 Å². The molecule has 0 radical (unpaired) electrons. The van der Waals surface area contributed by atoms with E-state index in [1.165, 1.54) is 23.5 Å². The Hall–Kier alpha value is -1.37. The van der Waals surface area contributed by atoms with E-state index in [0.717, 1.165) is 19.0 Å². The maximum Gasteiger partial charge on any atom is 0.190 e. The van der Waals surface area contributed by atoms with Crippen LogP contribution in [-0.4, -0.2) is 74.0 Å². The molecule has 7 heteroatoms. The summed E-state index contributed by atoms with van der Waals surface area (Å²) in [4.78, 5) is 0. The van der Waals surface area contributed by atoms with Crippen molar-refractivity contribution in [3.8, 4) is 0 Å². The highest BCUT2D eigenvalue weighted by atomic mass is 31.1. The van der Waals surface area contributed by atoms with Crippen molar-refractivity contribution >= 4 is 7.92 Å². The van der Waals surface area contributed by atoms with Crippen molar-refractivity contribution in [2.45, 2.75) is 82.8 Å². The molecule has 0 aromatic heterocycles. The van der Waals surface area contributed by atoms with Gasteiger partial charge in [-0.15, -0.1) is 7.92 Å². The summed E-state index contributed by atoms with van der Waals surface area (Å²) in [5.41, 5.74) is 2.81. The highest BCUT2D eigenvalue weighted by Crippen LogP contribution is 2.43. The quantitative estimate of drug-likeness (QED) is 0.366. The first kappa shape index (κ1) is 27.2. The summed E-state index contributed by atoms with van der Waals surface area (Å²) in [5.74, 6) is -1.31. The number of rotatable bonds is 11. The van der Waals surface area contributed by atoms with Gasteiger partial charge in [-0.3, -0.25) is 0 Å². The second-order valence-corrected chi connectivity index (χ2v) is 13.8. The minimum atomic E-state index is -0.688. The zero-order chi connectivity index (χ0) is 25.9. The van der Waals surface area contributed by atoms with E-state index >= 15 is 0 Å². The first-order chi connectivity index (χ1) is 17.8. The van der Waals surface area contributed by atoms with Gasteiger partial charge in [0.05, 0.1) is 13.2 Å². The SMILES string of the molecule is CC1(C)O[C@H]2O[C@H]([C@H]3COC(C)(C)O3)[C@H](OCCP(CCc3ccccc3)CCc3ccccc3)[C@H]2O1. The molecule has 2 aromatic carbocycles. The number of hydrogen-bond donors (Lipinski definition) is 0. The molecule has 0 unspecified atom stereocenters. The molecule has 5 rings (SSSR count). The molecule has 2 aromatic rings. The molecule has 0 amide bonds. The molecule has 0 N–H and O–H groups in total. The van der Waals surface area contributed by atoms with Gasteiger partial charge in [0, 0.05) is 0 Å². The monoisotopic (exact) mass is 528 g/mol. The summed E-state index contributed by atoms with van der Waals surface area (Å²) in [6.45, 7) is 8.85. The van der Waals surface area contributed by atoms with Gasteiger partial charge in [-0.05, 0) is 70.1 Å². The van der Waals surface area contributed by atoms with E-state index in [-0.39, 0.29) is 32.3 Å². The summed E-state index contributed by atoms with van der Waals surface area (Å²) in [7, 11) is -0.195. The van der Waals surface area contributed by atoms with Crippen LogP contribution in [-0.2, 0) is 41.3 Å². The fourth-order valence-corrected chi connectivity index (χ4v) is 7.57. The van der Waals surface area contributed by atoms with Crippen LogP contribution in [0.3, 0.4) is 0 Å². The summed E-state index contributed by atoms with van der Waals surface area (Å²) >= 11 is 0. The summed E-state index contributed by atoms with van der Waals surface area (Å²) in [6.07, 6.45) is 4.19. The standard InChI is InChI=1S/C30H41O6P/c1-29(2)32-21-24(34-29)25-26(27-28(33-25)36-30(3,4)35-27)31-17-20-37(18-15-22-11-7-5-8-12-22)19-16-23-13-9-6-10-14-23/h5-14,24-28H,15-21H2,1-4H3/t24-,25-,26+,27-,28-/m1/s1. The van der Waals surface area contributed by atoms with Gasteiger partial charge in [0.25, 0.3) is 0 Å². The van der Waals surface area contributed by atoms with Gasteiger partial charge in [-0.25, -0.2) is 0 Å². The van der Waals surface area contributed by atoms with Gasteiger partial charge in [0.2, 0.25) is 0 Å². The average Bonchev–Trinajstić information content (AvgIpc) is 3.50. The number of hydrogen-bond acceptors (Lipinski definition) is 6. The molecule has 0 saturated carbocycles. The van der Waals surface area contributed by atoms with Crippen molar-refractivity contribution in [3.05, 3.63) is 71.8 Å². The zero-order valence-corrected chi connectivity index (χ0v) is 23.4. The highest BCUT2D eigenvalue weighted by molar-refractivity contribution is 7.57. The fraction of sp³-hybridized carbons (Fsp3) is 0.600. The summed E-state index contributed by atoms with van der Waals surface area (Å²) in [6, 6.07) is 21.6. The maximum absolute atomic E-state index is 6.59. The van der Waals surface area contributed by atoms with Crippen LogP contribution in [0.5, 0.6) is 0 Å². The Balaban J connectivity index is 1.21. The normalized spacial score (nSPS) is 30.1. The molecule has 37 heavy (non-hydrogen) atoms. The molecule has 0 spiro atoms. The van der Waals surface area contributed by atoms with Crippen molar-refractivity contribution in [2.24, 2.45) is 0 Å². The molecule has 0 aliphatic carbocycles. The minimum Gasteiger partial charge on any atom is -0.372 e. The molecule has 0 bridgehead atoms. The van der Waals surface area contributed by atoms with Crippen molar-refractivity contribution in [1.29, 1.82) is 0 Å². The summed E-state index contributed by atoms with van der Waals surface area (Å²) in [5, 5.41) is 0. The lowest BCUT2D eigenvalue weighted by Crippen LogP contribution is -2.44. The van der Waals surface area contributed by atoms with Gasteiger partial charge in [-0.1, -0.05) is 60.7 Å². The minimum absolute atomic E-state index is 0.195. The van der Waals surface area contributed by atoms with E-state index in [0.29, 0.717) is 13.2 Å². The Bertz CT molecular complexity index is 941. The van der Waals surface area contributed by atoms with E-state index < -0.39 is 17.9 Å². The van der Waals surface area contributed by atoms with E-state index in [4.69, 9.17) is 28.4 Å². The second-order valence-electron chi connectivity index (χ2n) is 11.1. The number of fused-ring (bicyclic) bond motifs is 1. The Kier molecular flexibility index (Phi) is 8.67. The van der Waals surface area contributed by atoms with Crippen LogP contribution in [0.2, 0.25) is 0 Å². The third kappa shape index (κ3) is 7.19. The van der Waals surface area contributed by atoms with Crippen molar-refractivity contribution in [1.82, 2.24) is 0 Å². The van der Waals surface area contributed by atoms with Gasteiger partial charge < -0.3 is 28.4 Å². The molecule has 3 heterocycles. The number of ether oxygens (including phenoxy) is 6. The van der Waals surface area contributed by atoms with Crippen LogP contribution >= 0.6 is 7.92 Å². The van der Waals surface area contributed by atoms with Crippen LogP contribution in [0.4, 0.5) is 0 Å². The number of benzene rings is 2. The molecular formula is C30H41O6P. The maximum atomic E-state index is 6.59. The molecule has 3 aliphatic rings. The second kappa shape index (κ2) is 11.8. The van der Waals surface area contributed by atoms with E-state index in [2.05, 4.69) is 60.7 Å². The van der Waals surface area contributed by atoms with Crippen molar-refractivity contribution in [2.75, 3.05) is 31.7 Å². The lowest BCUT2D eigenvalue weighted by Gasteiger charge is -2.29. The summed E-state index contributed by atoms with van der Waals surface area (Å²) < 4.78 is 37.1. The molecule has 5 atom stereocenters. The Morgan fingerprint density at radius 3 is 1.95 bits per heavy atom. The molecule has 202 valence electrons. The largest absolute Gasteiger partial charge is 0.372 e. The Morgan fingerprint density at radius 1 is 0.757 bits per heavy atom. The number of aryl methyl sites for hydroxylation is 2. The van der Waals surface area contributed by atoms with Gasteiger partial charge in [-0.2, -0.15) is 0 Å². The van der Waals surface area contributed by atoms with Crippen LogP contribution in [0.15, 0.2) is 60.7 Å². The smallest absolute Gasteiger partial charge is 0.190 e. The topological polar surface area (TPSA) is 55.4 Å². The highest BCUT2D eigenvalue weighted by Gasteiger charge is 2.58.